The lowest BCUT2D eigenvalue weighted by molar-refractivity contribution is 0.0697. The molecule has 0 spiro atoms. The van der Waals surface area contributed by atoms with Crippen LogP contribution >= 0.6 is 0 Å². The monoisotopic (exact) mass is 410 g/mol. The van der Waals surface area contributed by atoms with Crippen LogP contribution in [0.1, 0.15) is 15.9 Å². The summed E-state index contributed by atoms with van der Waals surface area (Å²) in [6, 6.07) is 9.31. The molecule has 1 fully saturated rings. The van der Waals surface area contributed by atoms with Crippen molar-refractivity contribution in [1.82, 2.24) is 9.21 Å². The topological polar surface area (TPSA) is 66.9 Å². The summed E-state index contributed by atoms with van der Waals surface area (Å²) < 4.78 is 58.6. The third-order valence-electron chi connectivity index (χ3n) is 4.55. The van der Waals surface area contributed by atoms with Gasteiger partial charge in [0.15, 0.2) is 0 Å². The van der Waals surface area contributed by atoms with Crippen molar-refractivity contribution >= 4 is 15.9 Å². The molecule has 0 bridgehead atoms. The lowest BCUT2D eigenvalue weighted by Gasteiger charge is -2.34. The Bertz CT molecular complexity index is 956. The van der Waals surface area contributed by atoms with E-state index in [1.54, 1.807) is 36.3 Å². The molecule has 6 nitrogen and oxygen atoms in total. The number of hydrogen-bond donors (Lipinski definition) is 0. The standard InChI is InChI=1S/C19H20F2N2O4S/c1-27-13-14-2-4-15(5-3-14)19(24)22-8-10-23(11-9-22)28(25,26)18-12-16(20)6-7-17(18)21/h2-7,12H,8-11,13H2,1H3. The van der Waals surface area contributed by atoms with Crippen LogP contribution in [0.5, 0.6) is 0 Å². The van der Waals surface area contributed by atoms with E-state index >= 15 is 0 Å². The summed E-state index contributed by atoms with van der Waals surface area (Å²) in [5.74, 6) is -2.04. The summed E-state index contributed by atoms with van der Waals surface area (Å²) in [4.78, 5) is 13.5. The molecule has 28 heavy (non-hydrogen) atoms. The van der Waals surface area contributed by atoms with E-state index in [0.29, 0.717) is 18.2 Å². The van der Waals surface area contributed by atoms with Gasteiger partial charge in [-0.25, -0.2) is 17.2 Å². The van der Waals surface area contributed by atoms with Gasteiger partial charge in [0, 0.05) is 38.9 Å². The Morgan fingerprint density at radius 3 is 2.29 bits per heavy atom. The third-order valence-corrected chi connectivity index (χ3v) is 6.46. The number of piperazine rings is 1. The van der Waals surface area contributed by atoms with Crippen LogP contribution < -0.4 is 0 Å². The molecule has 0 unspecified atom stereocenters. The van der Waals surface area contributed by atoms with E-state index in [9.17, 15) is 22.0 Å². The van der Waals surface area contributed by atoms with Crippen LogP contribution in [0.4, 0.5) is 8.78 Å². The maximum atomic E-state index is 13.9. The predicted molar refractivity (Wildman–Crippen MR) is 98.2 cm³/mol. The molecule has 0 aliphatic carbocycles. The highest BCUT2D eigenvalue weighted by Gasteiger charge is 2.32. The molecule has 9 heteroatoms. The first kappa shape index (κ1) is 20.4. The molecule has 150 valence electrons. The number of benzene rings is 2. The lowest BCUT2D eigenvalue weighted by atomic mass is 10.1. The number of amides is 1. The Kier molecular flexibility index (Phi) is 6.07. The predicted octanol–water partition coefficient (Wildman–Crippen LogP) is 2.26. The Balaban J connectivity index is 1.68. The quantitative estimate of drug-likeness (QED) is 0.759. The molecule has 1 aliphatic rings. The molecule has 1 amide bonds. The van der Waals surface area contributed by atoms with Gasteiger partial charge in [0.25, 0.3) is 5.91 Å². The van der Waals surface area contributed by atoms with E-state index in [0.717, 1.165) is 22.0 Å². The molecular formula is C19H20F2N2O4S. The Morgan fingerprint density at radius 2 is 1.68 bits per heavy atom. The van der Waals surface area contributed by atoms with E-state index in [-0.39, 0.29) is 32.1 Å². The first-order valence-corrected chi connectivity index (χ1v) is 10.1. The molecular weight excluding hydrogens is 390 g/mol. The fraction of sp³-hybridized carbons (Fsp3) is 0.316. The molecule has 0 saturated carbocycles. The number of carbonyl (C=O) groups excluding carboxylic acids is 1. The minimum Gasteiger partial charge on any atom is -0.380 e. The Morgan fingerprint density at radius 1 is 1.04 bits per heavy atom. The van der Waals surface area contributed by atoms with Crippen molar-refractivity contribution in [3.05, 3.63) is 65.2 Å². The minimum absolute atomic E-state index is 0.00574. The van der Waals surface area contributed by atoms with Gasteiger partial charge in [0.2, 0.25) is 10.0 Å². The van der Waals surface area contributed by atoms with Crippen LogP contribution in [0.25, 0.3) is 0 Å². The number of methoxy groups -OCH3 is 1. The molecule has 3 rings (SSSR count). The highest BCUT2D eigenvalue weighted by molar-refractivity contribution is 7.89. The summed E-state index contributed by atoms with van der Waals surface area (Å²) in [5.41, 5.74) is 1.43. The van der Waals surface area contributed by atoms with Crippen molar-refractivity contribution in [3.63, 3.8) is 0 Å². The number of nitrogens with zero attached hydrogens (tertiary/aromatic N) is 2. The average molecular weight is 410 g/mol. The van der Waals surface area contributed by atoms with Gasteiger partial charge in [-0.3, -0.25) is 4.79 Å². The first-order chi connectivity index (χ1) is 13.3. The summed E-state index contributed by atoms with van der Waals surface area (Å²) in [6.45, 7) is 0.781. The van der Waals surface area contributed by atoms with Crippen molar-refractivity contribution in [2.45, 2.75) is 11.5 Å². The van der Waals surface area contributed by atoms with Crippen LogP contribution in [0.2, 0.25) is 0 Å². The smallest absolute Gasteiger partial charge is 0.253 e. The van der Waals surface area contributed by atoms with Gasteiger partial charge in [0.1, 0.15) is 16.5 Å². The number of ether oxygens (including phenoxy) is 1. The normalized spacial score (nSPS) is 15.6. The zero-order chi connectivity index (χ0) is 20.3. The van der Waals surface area contributed by atoms with Gasteiger partial charge in [-0.1, -0.05) is 12.1 Å². The zero-order valence-electron chi connectivity index (χ0n) is 15.3. The van der Waals surface area contributed by atoms with E-state index in [1.807, 2.05) is 0 Å². The van der Waals surface area contributed by atoms with Gasteiger partial charge in [-0.05, 0) is 35.9 Å². The number of carbonyl (C=O) groups is 1. The van der Waals surface area contributed by atoms with Crippen molar-refractivity contribution in [2.75, 3.05) is 33.3 Å². The van der Waals surface area contributed by atoms with Crippen molar-refractivity contribution < 1.29 is 26.7 Å². The number of rotatable bonds is 5. The molecule has 1 heterocycles. The Hall–Kier alpha value is -2.36. The zero-order valence-corrected chi connectivity index (χ0v) is 16.1. The lowest BCUT2D eigenvalue weighted by Crippen LogP contribution is -2.50. The summed E-state index contributed by atoms with van der Waals surface area (Å²) in [6.07, 6.45) is 0. The molecule has 0 aromatic heterocycles. The second kappa shape index (κ2) is 8.34. The van der Waals surface area contributed by atoms with Crippen molar-refractivity contribution in [1.29, 1.82) is 0 Å². The van der Waals surface area contributed by atoms with E-state index < -0.39 is 26.6 Å². The fourth-order valence-corrected chi connectivity index (χ4v) is 4.54. The van der Waals surface area contributed by atoms with Crippen molar-refractivity contribution in [3.8, 4) is 0 Å². The minimum atomic E-state index is -4.17. The first-order valence-electron chi connectivity index (χ1n) is 8.65. The summed E-state index contributed by atoms with van der Waals surface area (Å²) in [7, 11) is -2.59. The van der Waals surface area contributed by atoms with Crippen LogP contribution in [-0.4, -0.2) is 56.8 Å². The molecule has 0 radical (unpaired) electrons. The van der Waals surface area contributed by atoms with Gasteiger partial charge in [-0.2, -0.15) is 4.31 Å². The number of halogens is 2. The van der Waals surface area contributed by atoms with Crippen LogP contribution in [-0.2, 0) is 21.4 Å². The van der Waals surface area contributed by atoms with E-state index in [4.69, 9.17) is 4.74 Å². The molecule has 1 saturated heterocycles. The van der Waals surface area contributed by atoms with E-state index in [2.05, 4.69) is 0 Å². The van der Waals surface area contributed by atoms with Gasteiger partial charge >= 0.3 is 0 Å². The van der Waals surface area contributed by atoms with Gasteiger partial charge < -0.3 is 9.64 Å². The second-order valence-corrected chi connectivity index (χ2v) is 8.31. The van der Waals surface area contributed by atoms with Gasteiger partial charge in [-0.15, -0.1) is 0 Å². The molecule has 1 aliphatic heterocycles. The van der Waals surface area contributed by atoms with Gasteiger partial charge in [0.05, 0.1) is 6.61 Å². The SMILES string of the molecule is COCc1ccc(C(=O)N2CCN(S(=O)(=O)c3cc(F)ccc3F)CC2)cc1. The van der Waals surface area contributed by atoms with Crippen LogP contribution in [0, 0.1) is 11.6 Å². The highest BCUT2D eigenvalue weighted by atomic mass is 32.2. The molecule has 0 N–H and O–H groups in total. The maximum Gasteiger partial charge on any atom is 0.253 e. The molecule has 0 atom stereocenters. The Labute approximate surface area is 162 Å². The summed E-state index contributed by atoms with van der Waals surface area (Å²) >= 11 is 0. The maximum absolute atomic E-state index is 13.9. The van der Waals surface area contributed by atoms with Crippen molar-refractivity contribution in [2.24, 2.45) is 0 Å². The highest BCUT2D eigenvalue weighted by Crippen LogP contribution is 2.22. The number of sulfonamides is 1. The molecule has 2 aromatic rings. The van der Waals surface area contributed by atoms with Crippen LogP contribution in [0.15, 0.2) is 47.4 Å². The van der Waals surface area contributed by atoms with Crippen LogP contribution in [0.3, 0.4) is 0 Å². The van der Waals surface area contributed by atoms with E-state index in [1.165, 1.54) is 0 Å². The second-order valence-electron chi connectivity index (χ2n) is 6.40. The fourth-order valence-electron chi connectivity index (χ4n) is 3.04. The molecule has 2 aromatic carbocycles. The average Bonchev–Trinajstić information content (AvgIpc) is 2.70. The third kappa shape index (κ3) is 4.21. The summed E-state index contributed by atoms with van der Waals surface area (Å²) in [5, 5.41) is 0. The number of hydrogen-bond acceptors (Lipinski definition) is 4. The largest absolute Gasteiger partial charge is 0.380 e.